The minimum absolute atomic E-state index is 0.125. The number of rotatable bonds is 6. The van der Waals surface area contributed by atoms with Gasteiger partial charge in [-0.3, -0.25) is 0 Å². The van der Waals surface area contributed by atoms with Gasteiger partial charge in [0.1, 0.15) is 0 Å². The largest absolute Gasteiger partial charge is 0.387 e. The van der Waals surface area contributed by atoms with Crippen LogP contribution in [0, 0.1) is 0 Å². The van der Waals surface area contributed by atoms with Gasteiger partial charge >= 0.3 is 6.03 Å². The number of amides is 2. The summed E-state index contributed by atoms with van der Waals surface area (Å²) in [5.41, 5.74) is 0.814. The molecule has 0 spiro atoms. The van der Waals surface area contributed by atoms with Crippen LogP contribution in [0.15, 0.2) is 24.3 Å². The second-order valence-electron chi connectivity index (χ2n) is 4.40. The van der Waals surface area contributed by atoms with Crippen molar-refractivity contribution in [3.63, 3.8) is 0 Å². The Morgan fingerprint density at radius 3 is 2.53 bits per heavy atom. The molecule has 0 fully saturated rings. The molecule has 106 valence electrons. The van der Waals surface area contributed by atoms with Crippen molar-refractivity contribution in [1.82, 2.24) is 15.5 Å². The second-order valence-corrected chi connectivity index (χ2v) is 4.83. The number of urea groups is 1. The number of halogens is 1. The summed E-state index contributed by atoms with van der Waals surface area (Å²) >= 11 is 5.78. The number of nitrogens with one attached hydrogen (secondary N) is 2. The van der Waals surface area contributed by atoms with Gasteiger partial charge < -0.3 is 20.6 Å². The summed E-state index contributed by atoms with van der Waals surface area (Å²) in [5.74, 6) is 0. The molecule has 5 nitrogen and oxygen atoms in total. The van der Waals surface area contributed by atoms with Crippen LogP contribution in [-0.2, 0) is 0 Å². The van der Waals surface area contributed by atoms with Crippen LogP contribution >= 0.6 is 11.6 Å². The van der Waals surface area contributed by atoms with Crippen LogP contribution in [0.25, 0.3) is 0 Å². The number of carbonyl (C=O) groups excluding carboxylic acids is 1. The van der Waals surface area contributed by atoms with Crippen molar-refractivity contribution in [2.24, 2.45) is 0 Å². The molecule has 1 aromatic carbocycles. The highest BCUT2D eigenvalue weighted by Gasteiger charge is 2.06. The van der Waals surface area contributed by atoms with Gasteiger partial charge in [0.05, 0.1) is 6.10 Å². The zero-order valence-corrected chi connectivity index (χ0v) is 11.9. The lowest BCUT2D eigenvalue weighted by atomic mass is 10.1. The van der Waals surface area contributed by atoms with Gasteiger partial charge in [0, 0.05) is 38.8 Å². The Morgan fingerprint density at radius 2 is 1.95 bits per heavy atom. The molecule has 0 aliphatic rings. The fourth-order valence-electron chi connectivity index (χ4n) is 1.46. The maximum absolute atomic E-state index is 11.2. The lowest BCUT2D eigenvalue weighted by Crippen LogP contribution is -2.39. The molecule has 0 aliphatic heterocycles. The predicted octanol–water partition coefficient (Wildman–Crippen LogP) is 1.23. The maximum atomic E-state index is 11.2. The van der Waals surface area contributed by atoms with Gasteiger partial charge in [-0.15, -0.1) is 0 Å². The van der Waals surface area contributed by atoms with E-state index in [2.05, 4.69) is 10.6 Å². The second kappa shape index (κ2) is 7.99. The molecular formula is C13H20ClN3O2. The predicted molar refractivity (Wildman–Crippen MR) is 76.4 cm³/mol. The summed E-state index contributed by atoms with van der Waals surface area (Å²) in [5, 5.41) is 16.4. The number of aliphatic hydroxyl groups is 1. The highest BCUT2D eigenvalue weighted by molar-refractivity contribution is 6.30. The molecule has 2 amide bonds. The molecule has 0 aliphatic carbocycles. The van der Waals surface area contributed by atoms with Gasteiger partial charge in [-0.25, -0.2) is 4.79 Å². The third kappa shape index (κ3) is 5.92. The van der Waals surface area contributed by atoms with E-state index in [1.165, 1.54) is 4.90 Å². The van der Waals surface area contributed by atoms with Crippen molar-refractivity contribution in [3.8, 4) is 0 Å². The number of carbonyl (C=O) groups is 1. The zero-order valence-electron chi connectivity index (χ0n) is 11.2. The SMILES string of the molecule is CN(C)C(=O)NCCNCC(O)c1ccc(Cl)cc1. The average Bonchev–Trinajstić information content (AvgIpc) is 2.38. The first kappa shape index (κ1) is 15.8. The Morgan fingerprint density at radius 1 is 1.32 bits per heavy atom. The number of hydrogen-bond acceptors (Lipinski definition) is 3. The lowest BCUT2D eigenvalue weighted by molar-refractivity contribution is 0.175. The topological polar surface area (TPSA) is 64.6 Å². The van der Waals surface area contributed by atoms with E-state index in [9.17, 15) is 9.90 Å². The summed E-state index contributed by atoms with van der Waals surface area (Å²) in [6.45, 7) is 1.55. The van der Waals surface area contributed by atoms with Gasteiger partial charge in [0.2, 0.25) is 0 Å². The van der Waals surface area contributed by atoms with Crippen molar-refractivity contribution in [2.75, 3.05) is 33.7 Å². The Hall–Kier alpha value is -1.30. The number of nitrogens with zero attached hydrogens (tertiary/aromatic N) is 1. The van der Waals surface area contributed by atoms with E-state index in [1.54, 1.807) is 38.4 Å². The molecule has 3 N–H and O–H groups in total. The Bertz CT molecular complexity index is 395. The van der Waals surface area contributed by atoms with Crippen molar-refractivity contribution in [1.29, 1.82) is 0 Å². The first-order valence-electron chi connectivity index (χ1n) is 6.10. The number of hydrogen-bond donors (Lipinski definition) is 3. The summed E-state index contributed by atoms with van der Waals surface area (Å²) in [6.07, 6.45) is -0.582. The van der Waals surface area contributed by atoms with Crippen molar-refractivity contribution >= 4 is 17.6 Å². The Balaban J connectivity index is 2.19. The van der Waals surface area contributed by atoms with E-state index in [1.807, 2.05) is 0 Å². The molecule has 0 heterocycles. The third-order valence-corrected chi connectivity index (χ3v) is 2.83. The van der Waals surface area contributed by atoms with E-state index in [4.69, 9.17) is 11.6 Å². The normalized spacial score (nSPS) is 12.0. The minimum Gasteiger partial charge on any atom is -0.387 e. The van der Waals surface area contributed by atoms with E-state index in [0.717, 1.165) is 5.56 Å². The van der Waals surface area contributed by atoms with Gasteiger partial charge in [-0.2, -0.15) is 0 Å². The zero-order chi connectivity index (χ0) is 14.3. The van der Waals surface area contributed by atoms with Crippen molar-refractivity contribution in [2.45, 2.75) is 6.10 Å². The summed E-state index contributed by atoms with van der Waals surface area (Å²) in [4.78, 5) is 12.7. The molecule has 0 radical (unpaired) electrons. The summed E-state index contributed by atoms with van der Waals surface area (Å²) < 4.78 is 0. The minimum atomic E-state index is -0.582. The summed E-state index contributed by atoms with van der Waals surface area (Å²) in [6, 6.07) is 6.96. The van der Waals surface area contributed by atoms with Gasteiger partial charge in [0.25, 0.3) is 0 Å². The van der Waals surface area contributed by atoms with Crippen LogP contribution in [0.3, 0.4) is 0 Å². The molecule has 0 bridgehead atoms. The van der Waals surface area contributed by atoms with Gasteiger partial charge in [-0.1, -0.05) is 23.7 Å². The molecule has 1 aromatic rings. The van der Waals surface area contributed by atoms with Crippen LogP contribution in [0.1, 0.15) is 11.7 Å². The molecule has 0 aromatic heterocycles. The maximum Gasteiger partial charge on any atom is 0.316 e. The van der Waals surface area contributed by atoms with Crippen LogP contribution in [0.5, 0.6) is 0 Å². The number of aliphatic hydroxyl groups excluding tert-OH is 1. The Labute approximate surface area is 118 Å². The molecule has 0 saturated carbocycles. The van der Waals surface area contributed by atoms with Crippen LogP contribution < -0.4 is 10.6 Å². The monoisotopic (exact) mass is 285 g/mol. The molecule has 1 unspecified atom stereocenters. The van der Waals surface area contributed by atoms with Crippen molar-refractivity contribution in [3.05, 3.63) is 34.9 Å². The van der Waals surface area contributed by atoms with E-state index in [0.29, 0.717) is 24.7 Å². The van der Waals surface area contributed by atoms with Gasteiger partial charge in [0.15, 0.2) is 0 Å². The molecule has 19 heavy (non-hydrogen) atoms. The Kier molecular flexibility index (Phi) is 6.62. The fraction of sp³-hybridized carbons (Fsp3) is 0.462. The van der Waals surface area contributed by atoms with Crippen LogP contribution in [0.4, 0.5) is 4.79 Å². The van der Waals surface area contributed by atoms with Crippen LogP contribution in [-0.4, -0.2) is 49.8 Å². The van der Waals surface area contributed by atoms with E-state index in [-0.39, 0.29) is 6.03 Å². The average molecular weight is 286 g/mol. The smallest absolute Gasteiger partial charge is 0.316 e. The van der Waals surface area contributed by atoms with E-state index >= 15 is 0 Å². The quantitative estimate of drug-likeness (QED) is 0.689. The molecule has 6 heteroatoms. The molecular weight excluding hydrogens is 266 g/mol. The molecule has 0 saturated heterocycles. The van der Waals surface area contributed by atoms with Crippen molar-refractivity contribution < 1.29 is 9.90 Å². The lowest BCUT2D eigenvalue weighted by Gasteiger charge is -2.14. The first-order valence-corrected chi connectivity index (χ1v) is 6.48. The van der Waals surface area contributed by atoms with Crippen LogP contribution in [0.2, 0.25) is 5.02 Å². The fourth-order valence-corrected chi connectivity index (χ4v) is 1.58. The highest BCUT2D eigenvalue weighted by Crippen LogP contribution is 2.15. The number of benzene rings is 1. The summed E-state index contributed by atoms with van der Waals surface area (Å²) in [7, 11) is 3.38. The molecule has 1 rings (SSSR count). The highest BCUT2D eigenvalue weighted by atomic mass is 35.5. The van der Waals surface area contributed by atoms with Gasteiger partial charge in [-0.05, 0) is 17.7 Å². The standard InChI is InChI=1S/C13H20ClN3O2/c1-17(2)13(19)16-8-7-15-9-12(18)10-3-5-11(14)6-4-10/h3-6,12,15,18H,7-9H2,1-2H3,(H,16,19). The molecule has 1 atom stereocenters. The van der Waals surface area contributed by atoms with E-state index < -0.39 is 6.10 Å². The first-order chi connectivity index (χ1) is 9.00. The third-order valence-electron chi connectivity index (χ3n) is 2.58.